The summed E-state index contributed by atoms with van der Waals surface area (Å²) in [6, 6.07) is 4.00. The Labute approximate surface area is 110 Å². The van der Waals surface area contributed by atoms with E-state index >= 15 is 0 Å². The normalized spacial score (nSPS) is 11.3. The first kappa shape index (κ1) is 14.7. The van der Waals surface area contributed by atoms with Crippen molar-refractivity contribution >= 4 is 0 Å². The van der Waals surface area contributed by atoms with Crippen molar-refractivity contribution in [3.05, 3.63) is 36.0 Å². The summed E-state index contributed by atoms with van der Waals surface area (Å²) in [6.07, 6.45) is 2.68. The molecule has 1 rings (SSSR count). The molecule has 1 aromatic rings. The lowest BCUT2D eigenvalue weighted by molar-refractivity contribution is 0.311. The lowest BCUT2D eigenvalue weighted by Crippen LogP contribution is -2.35. The topological polar surface area (TPSA) is 34.1 Å². The predicted molar refractivity (Wildman–Crippen MR) is 75.9 cm³/mol. The highest BCUT2D eigenvalue weighted by atomic mass is 16.5. The van der Waals surface area contributed by atoms with Gasteiger partial charge in [-0.2, -0.15) is 0 Å². The SMILES string of the molecule is C=CCCOc1ccc(CNC(C)(C)C)c(C)n1. The summed E-state index contributed by atoms with van der Waals surface area (Å²) in [4.78, 5) is 4.45. The monoisotopic (exact) mass is 248 g/mol. The van der Waals surface area contributed by atoms with Gasteiger partial charge in [-0.1, -0.05) is 12.1 Å². The van der Waals surface area contributed by atoms with Gasteiger partial charge in [0, 0.05) is 23.8 Å². The molecule has 0 fully saturated rings. The fourth-order valence-corrected chi connectivity index (χ4v) is 1.44. The zero-order valence-electron chi connectivity index (χ0n) is 11.9. The van der Waals surface area contributed by atoms with Gasteiger partial charge < -0.3 is 10.1 Å². The number of nitrogens with zero attached hydrogens (tertiary/aromatic N) is 1. The molecule has 0 saturated heterocycles. The average Bonchev–Trinajstić information content (AvgIpc) is 2.27. The molecule has 0 aliphatic carbocycles. The van der Waals surface area contributed by atoms with E-state index in [4.69, 9.17) is 4.74 Å². The van der Waals surface area contributed by atoms with Crippen LogP contribution >= 0.6 is 0 Å². The number of hydrogen-bond donors (Lipinski definition) is 1. The molecule has 1 aromatic heterocycles. The number of ether oxygens (including phenoxy) is 1. The van der Waals surface area contributed by atoms with E-state index in [0.29, 0.717) is 12.5 Å². The third-order valence-electron chi connectivity index (χ3n) is 2.55. The number of rotatable bonds is 6. The van der Waals surface area contributed by atoms with E-state index in [1.54, 1.807) is 0 Å². The molecule has 1 heterocycles. The quantitative estimate of drug-likeness (QED) is 0.620. The van der Waals surface area contributed by atoms with Crippen molar-refractivity contribution in [3.8, 4) is 5.88 Å². The first-order valence-corrected chi connectivity index (χ1v) is 6.37. The Morgan fingerprint density at radius 3 is 2.67 bits per heavy atom. The smallest absolute Gasteiger partial charge is 0.213 e. The molecule has 0 saturated carbocycles. The Morgan fingerprint density at radius 2 is 2.11 bits per heavy atom. The lowest BCUT2D eigenvalue weighted by Gasteiger charge is -2.21. The van der Waals surface area contributed by atoms with Crippen molar-refractivity contribution in [2.45, 2.75) is 46.2 Å². The molecule has 0 aliphatic rings. The van der Waals surface area contributed by atoms with Crippen LogP contribution in [0.2, 0.25) is 0 Å². The number of pyridine rings is 1. The average molecular weight is 248 g/mol. The van der Waals surface area contributed by atoms with E-state index in [1.807, 2.05) is 19.1 Å². The van der Waals surface area contributed by atoms with Crippen molar-refractivity contribution in [2.75, 3.05) is 6.61 Å². The fraction of sp³-hybridized carbons (Fsp3) is 0.533. The van der Waals surface area contributed by atoms with Crippen LogP contribution in [0.5, 0.6) is 5.88 Å². The Bertz CT molecular complexity index is 394. The van der Waals surface area contributed by atoms with Crippen LogP contribution in [0.1, 0.15) is 38.4 Å². The van der Waals surface area contributed by atoms with Crippen LogP contribution in [0.3, 0.4) is 0 Å². The number of nitrogens with one attached hydrogen (secondary N) is 1. The predicted octanol–water partition coefficient (Wildman–Crippen LogP) is 3.23. The van der Waals surface area contributed by atoms with Crippen molar-refractivity contribution in [2.24, 2.45) is 0 Å². The highest BCUT2D eigenvalue weighted by Crippen LogP contribution is 2.13. The molecule has 100 valence electrons. The first-order valence-electron chi connectivity index (χ1n) is 6.37. The van der Waals surface area contributed by atoms with Gasteiger partial charge >= 0.3 is 0 Å². The molecular weight excluding hydrogens is 224 g/mol. The van der Waals surface area contributed by atoms with Crippen molar-refractivity contribution in [1.29, 1.82) is 0 Å². The van der Waals surface area contributed by atoms with E-state index < -0.39 is 0 Å². The molecule has 18 heavy (non-hydrogen) atoms. The Balaban J connectivity index is 2.59. The largest absolute Gasteiger partial charge is 0.477 e. The second kappa shape index (κ2) is 6.55. The summed E-state index contributed by atoms with van der Waals surface area (Å²) in [7, 11) is 0. The highest BCUT2D eigenvalue weighted by molar-refractivity contribution is 5.25. The molecule has 1 N–H and O–H groups in total. The van der Waals surface area contributed by atoms with Gasteiger partial charge in [0.05, 0.1) is 6.61 Å². The Kier molecular flexibility index (Phi) is 5.35. The molecular formula is C15H24N2O. The van der Waals surface area contributed by atoms with Crippen LogP contribution in [0.25, 0.3) is 0 Å². The van der Waals surface area contributed by atoms with Crippen molar-refractivity contribution < 1.29 is 4.74 Å². The highest BCUT2D eigenvalue weighted by Gasteiger charge is 2.10. The van der Waals surface area contributed by atoms with Crippen LogP contribution in [-0.4, -0.2) is 17.1 Å². The molecule has 0 atom stereocenters. The van der Waals surface area contributed by atoms with Gasteiger partial charge in [0.1, 0.15) is 0 Å². The summed E-state index contributed by atoms with van der Waals surface area (Å²) < 4.78 is 5.52. The van der Waals surface area contributed by atoms with Crippen LogP contribution in [0, 0.1) is 6.92 Å². The fourth-order valence-electron chi connectivity index (χ4n) is 1.44. The first-order chi connectivity index (χ1) is 8.42. The van der Waals surface area contributed by atoms with Crippen LogP contribution in [0.4, 0.5) is 0 Å². The minimum absolute atomic E-state index is 0.117. The molecule has 0 spiro atoms. The van der Waals surface area contributed by atoms with Crippen molar-refractivity contribution in [3.63, 3.8) is 0 Å². The van der Waals surface area contributed by atoms with Crippen LogP contribution in [-0.2, 0) is 6.54 Å². The minimum atomic E-state index is 0.117. The summed E-state index contributed by atoms with van der Waals surface area (Å²) >= 11 is 0. The number of aromatic nitrogens is 1. The molecule has 0 aliphatic heterocycles. The van der Waals surface area contributed by atoms with E-state index in [-0.39, 0.29) is 5.54 Å². The van der Waals surface area contributed by atoms with Gasteiger partial charge in [0.15, 0.2) is 0 Å². The van der Waals surface area contributed by atoms with E-state index in [1.165, 1.54) is 5.56 Å². The lowest BCUT2D eigenvalue weighted by atomic mass is 10.1. The summed E-state index contributed by atoms with van der Waals surface area (Å²) in [6.45, 7) is 13.6. The van der Waals surface area contributed by atoms with Crippen LogP contribution < -0.4 is 10.1 Å². The summed E-state index contributed by atoms with van der Waals surface area (Å²) in [5.41, 5.74) is 2.34. The zero-order valence-corrected chi connectivity index (χ0v) is 11.9. The van der Waals surface area contributed by atoms with Crippen molar-refractivity contribution in [1.82, 2.24) is 10.3 Å². The van der Waals surface area contributed by atoms with E-state index in [9.17, 15) is 0 Å². The molecule has 0 amide bonds. The number of aryl methyl sites for hydroxylation is 1. The minimum Gasteiger partial charge on any atom is -0.477 e. The maximum absolute atomic E-state index is 5.52. The number of hydrogen-bond acceptors (Lipinski definition) is 3. The third-order valence-corrected chi connectivity index (χ3v) is 2.55. The Morgan fingerprint density at radius 1 is 1.39 bits per heavy atom. The van der Waals surface area contributed by atoms with Gasteiger partial charge in [-0.25, -0.2) is 4.98 Å². The van der Waals surface area contributed by atoms with Gasteiger partial charge in [0.2, 0.25) is 5.88 Å². The van der Waals surface area contributed by atoms with Gasteiger partial charge in [-0.15, -0.1) is 6.58 Å². The molecule has 3 heteroatoms. The molecule has 0 radical (unpaired) electrons. The van der Waals surface area contributed by atoms with E-state index in [0.717, 1.165) is 18.7 Å². The third kappa shape index (κ3) is 5.32. The molecule has 3 nitrogen and oxygen atoms in total. The van der Waals surface area contributed by atoms with E-state index in [2.05, 4.69) is 43.7 Å². The summed E-state index contributed by atoms with van der Waals surface area (Å²) in [5.74, 6) is 0.689. The molecule has 0 aromatic carbocycles. The second-order valence-corrected chi connectivity index (χ2v) is 5.42. The maximum Gasteiger partial charge on any atom is 0.213 e. The van der Waals surface area contributed by atoms with Crippen LogP contribution in [0.15, 0.2) is 24.8 Å². The second-order valence-electron chi connectivity index (χ2n) is 5.42. The van der Waals surface area contributed by atoms with Gasteiger partial charge in [-0.3, -0.25) is 0 Å². The summed E-state index contributed by atoms with van der Waals surface area (Å²) in [5, 5.41) is 3.46. The molecule has 0 unspecified atom stereocenters. The van der Waals surface area contributed by atoms with Gasteiger partial charge in [-0.05, 0) is 39.7 Å². The zero-order chi connectivity index (χ0) is 13.6. The maximum atomic E-state index is 5.52. The standard InChI is InChI=1S/C15H24N2O/c1-6-7-10-18-14-9-8-13(12(2)17-14)11-16-15(3,4)5/h6,8-9,16H,1,7,10-11H2,2-5H3. The Hall–Kier alpha value is -1.35. The van der Waals surface area contributed by atoms with Gasteiger partial charge in [0.25, 0.3) is 0 Å². The molecule has 0 bridgehead atoms.